The fourth-order valence-electron chi connectivity index (χ4n) is 1.60. The third-order valence-electron chi connectivity index (χ3n) is 2.71. The van der Waals surface area contributed by atoms with Crippen LogP contribution in [0.25, 0.3) is 0 Å². The topological polar surface area (TPSA) is 60.8 Å². The van der Waals surface area contributed by atoms with E-state index in [1.165, 1.54) is 0 Å². The lowest BCUT2D eigenvalue weighted by atomic mass is 9.87. The summed E-state index contributed by atoms with van der Waals surface area (Å²) in [6, 6.07) is 0. The molecule has 2 N–H and O–H groups in total. The van der Waals surface area contributed by atoms with Crippen LogP contribution in [0.5, 0.6) is 0 Å². The van der Waals surface area contributed by atoms with Gasteiger partial charge in [0.05, 0.1) is 5.92 Å². The van der Waals surface area contributed by atoms with Crippen LogP contribution in [0.1, 0.15) is 13.3 Å². The minimum absolute atomic E-state index is 0.218. The van der Waals surface area contributed by atoms with E-state index in [-0.39, 0.29) is 12.5 Å². The van der Waals surface area contributed by atoms with E-state index >= 15 is 0 Å². The van der Waals surface area contributed by atoms with Crippen molar-refractivity contribution in [1.82, 2.24) is 4.90 Å². The summed E-state index contributed by atoms with van der Waals surface area (Å²) in [5.41, 5.74) is 0. The van der Waals surface area contributed by atoms with E-state index in [4.69, 9.17) is 10.2 Å². The van der Waals surface area contributed by atoms with E-state index in [0.717, 1.165) is 26.1 Å². The van der Waals surface area contributed by atoms with E-state index < -0.39 is 5.97 Å². The Kier molecular flexibility index (Phi) is 3.69. The molecule has 4 heteroatoms. The molecule has 4 nitrogen and oxygen atoms in total. The van der Waals surface area contributed by atoms with Crippen LogP contribution in [0.15, 0.2) is 0 Å². The lowest BCUT2D eigenvalue weighted by Gasteiger charge is -2.41. The minimum atomic E-state index is -0.702. The molecule has 1 aliphatic heterocycles. The second-order valence-corrected chi connectivity index (χ2v) is 3.72. The summed E-state index contributed by atoms with van der Waals surface area (Å²) < 4.78 is 0. The molecule has 0 aromatic rings. The summed E-state index contributed by atoms with van der Waals surface area (Å²) in [7, 11) is 0. The lowest BCUT2D eigenvalue weighted by Crippen LogP contribution is -2.51. The highest BCUT2D eigenvalue weighted by molar-refractivity contribution is 5.70. The highest BCUT2D eigenvalue weighted by Crippen LogP contribution is 2.23. The maximum absolute atomic E-state index is 10.6. The molecule has 76 valence electrons. The summed E-state index contributed by atoms with van der Waals surface area (Å²) in [5.74, 6) is -0.631. The first kappa shape index (κ1) is 10.5. The van der Waals surface area contributed by atoms with Crippen LogP contribution in [0.4, 0.5) is 0 Å². The highest BCUT2D eigenvalue weighted by Gasteiger charge is 2.33. The zero-order valence-electron chi connectivity index (χ0n) is 7.94. The SMILES string of the molecule is CC(C(=O)O)C1CN(CCCO)C1. The number of carboxylic acid groups (broad SMARTS) is 1. The molecular weight excluding hydrogens is 170 g/mol. The zero-order chi connectivity index (χ0) is 9.84. The predicted octanol–water partition coefficient (Wildman–Crippen LogP) is 0.0213. The summed E-state index contributed by atoms with van der Waals surface area (Å²) in [6.07, 6.45) is 0.786. The maximum atomic E-state index is 10.6. The van der Waals surface area contributed by atoms with E-state index in [0.29, 0.717) is 5.92 Å². The lowest BCUT2D eigenvalue weighted by molar-refractivity contribution is -0.145. The Hall–Kier alpha value is -0.610. The first-order valence-electron chi connectivity index (χ1n) is 4.71. The van der Waals surface area contributed by atoms with Crippen molar-refractivity contribution in [2.75, 3.05) is 26.2 Å². The Morgan fingerprint density at radius 3 is 2.69 bits per heavy atom. The van der Waals surface area contributed by atoms with Gasteiger partial charge in [-0.3, -0.25) is 4.79 Å². The minimum Gasteiger partial charge on any atom is -0.481 e. The Morgan fingerprint density at radius 1 is 1.62 bits per heavy atom. The Bertz CT molecular complexity index is 178. The Balaban J connectivity index is 2.14. The number of aliphatic carboxylic acids is 1. The van der Waals surface area contributed by atoms with Crippen LogP contribution in [0.2, 0.25) is 0 Å². The van der Waals surface area contributed by atoms with Gasteiger partial charge in [-0.2, -0.15) is 0 Å². The van der Waals surface area contributed by atoms with Crippen molar-refractivity contribution >= 4 is 5.97 Å². The average Bonchev–Trinajstić information content (AvgIpc) is 2.01. The Labute approximate surface area is 78.2 Å². The number of carboxylic acids is 1. The molecule has 0 radical (unpaired) electrons. The summed E-state index contributed by atoms with van der Waals surface area (Å²) >= 11 is 0. The third-order valence-corrected chi connectivity index (χ3v) is 2.71. The van der Waals surface area contributed by atoms with Gasteiger partial charge in [0.2, 0.25) is 0 Å². The van der Waals surface area contributed by atoms with Crippen LogP contribution in [-0.2, 0) is 4.79 Å². The van der Waals surface area contributed by atoms with Crippen molar-refractivity contribution in [3.8, 4) is 0 Å². The van der Waals surface area contributed by atoms with Crippen LogP contribution in [-0.4, -0.2) is 47.3 Å². The van der Waals surface area contributed by atoms with Crippen molar-refractivity contribution in [2.45, 2.75) is 13.3 Å². The molecule has 0 aliphatic carbocycles. The number of hydrogen-bond donors (Lipinski definition) is 2. The monoisotopic (exact) mass is 187 g/mol. The molecule has 0 aromatic carbocycles. The first-order chi connectivity index (χ1) is 6.15. The highest BCUT2D eigenvalue weighted by atomic mass is 16.4. The first-order valence-corrected chi connectivity index (χ1v) is 4.71. The van der Waals surface area contributed by atoms with Crippen molar-refractivity contribution in [2.24, 2.45) is 11.8 Å². The number of hydrogen-bond acceptors (Lipinski definition) is 3. The number of aliphatic hydroxyl groups is 1. The molecule has 13 heavy (non-hydrogen) atoms. The second-order valence-electron chi connectivity index (χ2n) is 3.72. The number of nitrogens with zero attached hydrogens (tertiary/aromatic N) is 1. The van der Waals surface area contributed by atoms with Gasteiger partial charge in [0, 0.05) is 26.2 Å². The number of likely N-dealkylation sites (tertiary alicyclic amines) is 1. The summed E-state index contributed by atoms with van der Waals surface area (Å²) in [6.45, 7) is 4.60. The fourth-order valence-corrected chi connectivity index (χ4v) is 1.60. The van der Waals surface area contributed by atoms with Crippen LogP contribution < -0.4 is 0 Å². The second kappa shape index (κ2) is 4.58. The van der Waals surface area contributed by atoms with Gasteiger partial charge in [-0.05, 0) is 12.3 Å². The molecule has 1 saturated heterocycles. The van der Waals surface area contributed by atoms with Crippen LogP contribution >= 0.6 is 0 Å². The van der Waals surface area contributed by atoms with Gasteiger partial charge in [0.15, 0.2) is 0 Å². The zero-order valence-corrected chi connectivity index (χ0v) is 7.94. The molecular formula is C9H17NO3. The van der Waals surface area contributed by atoms with Gasteiger partial charge < -0.3 is 15.1 Å². The van der Waals surface area contributed by atoms with Crippen LogP contribution in [0, 0.1) is 11.8 Å². The predicted molar refractivity (Wildman–Crippen MR) is 48.4 cm³/mol. The molecule has 1 unspecified atom stereocenters. The number of rotatable bonds is 5. The molecule has 1 heterocycles. The van der Waals surface area contributed by atoms with Gasteiger partial charge in [-0.15, -0.1) is 0 Å². The van der Waals surface area contributed by atoms with Gasteiger partial charge in [0.25, 0.3) is 0 Å². The van der Waals surface area contributed by atoms with Crippen molar-refractivity contribution in [3.05, 3.63) is 0 Å². The standard InChI is InChI=1S/C9H17NO3/c1-7(9(12)13)8-5-10(6-8)3-2-4-11/h7-8,11H,2-6H2,1H3,(H,12,13). The quantitative estimate of drug-likeness (QED) is 0.637. The van der Waals surface area contributed by atoms with Crippen molar-refractivity contribution in [1.29, 1.82) is 0 Å². The van der Waals surface area contributed by atoms with Gasteiger partial charge in [0.1, 0.15) is 0 Å². The summed E-state index contributed by atoms with van der Waals surface area (Å²) in [4.78, 5) is 12.8. The smallest absolute Gasteiger partial charge is 0.306 e. The molecule has 1 aliphatic rings. The summed E-state index contributed by atoms with van der Waals surface area (Å²) in [5, 5.41) is 17.3. The number of aliphatic hydroxyl groups excluding tert-OH is 1. The van der Waals surface area contributed by atoms with E-state index in [1.54, 1.807) is 6.92 Å². The van der Waals surface area contributed by atoms with Gasteiger partial charge in [-0.1, -0.05) is 6.92 Å². The molecule has 0 bridgehead atoms. The average molecular weight is 187 g/mol. The van der Waals surface area contributed by atoms with Gasteiger partial charge in [-0.25, -0.2) is 0 Å². The fraction of sp³-hybridized carbons (Fsp3) is 0.889. The molecule has 0 spiro atoms. The normalized spacial score (nSPS) is 21.1. The third kappa shape index (κ3) is 2.67. The van der Waals surface area contributed by atoms with Gasteiger partial charge >= 0.3 is 5.97 Å². The van der Waals surface area contributed by atoms with E-state index in [2.05, 4.69) is 4.90 Å². The molecule has 1 fully saturated rings. The molecule has 0 saturated carbocycles. The van der Waals surface area contributed by atoms with Crippen LogP contribution in [0.3, 0.4) is 0 Å². The Morgan fingerprint density at radius 2 is 2.23 bits per heavy atom. The molecule has 1 rings (SSSR count). The molecule has 0 aromatic heterocycles. The number of carbonyl (C=O) groups is 1. The van der Waals surface area contributed by atoms with Crippen molar-refractivity contribution in [3.63, 3.8) is 0 Å². The maximum Gasteiger partial charge on any atom is 0.306 e. The molecule has 0 amide bonds. The van der Waals surface area contributed by atoms with Crippen molar-refractivity contribution < 1.29 is 15.0 Å². The largest absolute Gasteiger partial charge is 0.481 e. The van der Waals surface area contributed by atoms with E-state index in [9.17, 15) is 4.79 Å². The molecule has 1 atom stereocenters. The van der Waals surface area contributed by atoms with E-state index in [1.807, 2.05) is 0 Å².